The van der Waals surface area contributed by atoms with E-state index < -0.39 is 11.7 Å². The molecule has 3 N–H and O–H groups in total. The number of ether oxygens (including phenoxy) is 1. The first kappa shape index (κ1) is 29.2. The molecule has 0 amide bonds. The highest BCUT2D eigenvalue weighted by Crippen LogP contribution is 2.41. The van der Waals surface area contributed by atoms with Crippen molar-refractivity contribution in [3.05, 3.63) is 76.9 Å². The molecule has 5 heterocycles. The molecule has 5 aromatic rings. The lowest BCUT2D eigenvalue weighted by Crippen LogP contribution is -2.53. The van der Waals surface area contributed by atoms with Crippen LogP contribution in [0.25, 0.3) is 38.6 Å². The fourth-order valence-corrected chi connectivity index (χ4v) is 6.16. The van der Waals surface area contributed by atoms with Crippen LogP contribution >= 0.6 is 12.4 Å². The first-order valence-electron chi connectivity index (χ1n) is 13.5. The van der Waals surface area contributed by atoms with Gasteiger partial charge < -0.3 is 20.2 Å². The molecule has 0 radical (unpaired) electrons. The number of nitrogen functional groups attached to an aromatic ring is 1. The number of halogens is 1. The van der Waals surface area contributed by atoms with Crippen LogP contribution in [0.3, 0.4) is 0 Å². The van der Waals surface area contributed by atoms with Crippen molar-refractivity contribution in [1.29, 1.82) is 0 Å². The number of benzene rings is 1. The van der Waals surface area contributed by atoms with Gasteiger partial charge in [0, 0.05) is 28.4 Å². The monoisotopic (exact) mass is 587 g/mol. The topological polar surface area (TPSA) is 134 Å². The molecule has 6 rings (SSSR count). The van der Waals surface area contributed by atoms with E-state index in [2.05, 4.69) is 54.0 Å². The Hall–Kier alpha value is -4.28. The highest BCUT2D eigenvalue weighted by atomic mass is 35.5. The van der Waals surface area contributed by atoms with Gasteiger partial charge in [0.15, 0.2) is 5.65 Å². The van der Waals surface area contributed by atoms with E-state index in [4.69, 9.17) is 20.0 Å². The number of hydrogen-bond donors (Lipinski definition) is 2. The molecule has 0 fully saturated rings. The fourth-order valence-electron chi connectivity index (χ4n) is 6.16. The van der Waals surface area contributed by atoms with E-state index in [1.54, 1.807) is 24.2 Å². The van der Waals surface area contributed by atoms with Crippen LogP contribution in [0.2, 0.25) is 0 Å². The number of pyridine rings is 1. The van der Waals surface area contributed by atoms with Gasteiger partial charge in [-0.3, -0.25) is 4.98 Å². The minimum atomic E-state index is -0.520. The maximum atomic E-state index is 13.3. The van der Waals surface area contributed by atoms with Crippen LogP contribution in [-0.2, 0) is 0 Å². The zero-order valence-corrected chi connectivity index (χ0v) is 25.2. The fraction of sp³-hybridized carbons (Fsp3) is 0.323. The molecular weight excluding hydrogens is 554 g/mol. The molecule has 1 aliphatic heterocycles. The maximum absolute atomic E-state index is 13.3. The van der Waals surface area contributed by atoms with Crippen LogP contribution < -0.4 is 21.4 Å². The predicted octanol–water partition coefficient (Wildman–Crippen LogP) is 5.55. The van der Waals surface area contributed by atoms with Crippen LogP contribution in [0.4, 0.5) is 5.82 Å². The Morgan fingerprint density at radius 3 is 2.57 bits per heavy atom. The average molecular weight is 588 g/mol. The summed E-state index contributed by atoms with van der Waals surface area (Å²) in [6, 6.07) is 8.90. The molecule has 0 saturated carbocycles. The van der Waals surface area contributed by atoms with Crippen LogP contribution in [0.1, 0.15) is 58.4 Å². The lowest BCUT2D eigenvalue weighted by Gasteiger charge is -2.41. The number of methoxy groups -OCH3 is 1. The molecule has 1 atom stereocenters. The van der Waals surface area contributed by atoms with Gasteiger partial charge in [-0.1, -0.05) is 24.3 Å². The summed E-state index contributed by atoms with van der Waals surface area (Å²) in [5, 5.41) is 10.6. The SMILES string of the molecule is COc1cncc(-c2nn(C(C)c3oc(=O)c4ccccc4c3C3=CC(C)(C)NC(C)(C)C3)c3ncnc(N)c23)c1.Cl. The lowest BCUT2D eigenvalue weighted by atomic mass is 9.79. The Labute approximate surface area is 249 Å². The van der Waals surface area contributed by atoms with Crippen molar-refractivity contribution in [3.8, 4) is 17.0 Å². The number of hydrogen-bond acceptors (Lipinski definition) is 9. The Balaban J connectivity index is 0.00000353. The minimum Gasteiger partial charge on any atom is -0.495 e. The molecule has 0 aliphatic carbocycles. The summed E-state index contributed by atoms with van der Waals surface area (Å²) in [7, 11) is 1.58. The second-order valence-electron chi connectivity index (χ2n) is 11.8. The maximum Gasteiger partial charge on any atom is 0.343 e. The third-order valence-electron chi connectivity index (χ3n) is 7.50. The normalized spacial score (nSPS) is 16.6. The minimum absolute atomic E-state index is 0. The summed E-state index contributed by atoms with van der Waals surface area (Å²) in [6.45, 7) is 10.6. The molecule has 1 aliphatic rings. The van der Waals surface area contributed by atoms with Gasteiger partial charge in [0.1, 0.15) is 35.4 Å². The summed E-state index contributed by atoms with van der Waals surface area (Å²) in [4.78, 5) is 26.4. The Kier molecular flexibility index (Phi) is 7.32. The highest BCUT2D eigenvalue weighted by Gasteiger charge is 2.35. The molecule has 1 aromatic carbocycles. The molecule has 218 valence electrons. The molecule has 0 bridgehead atoms. The zero-order chi connectivity index (χ0) is 29.1. The van der Waals surface area contributed by atoms with Crippen molar-refractivity contribution < 1.29 is 9.15 Å². The molecule has 0 spiro atoms. The third-order valence-corrected chi connectivity index (χ3v) is 7.50. The summed E-state index contributed by atoms with van der Waals surface area (Å²) in [5.41, 5.74) is 9.29. The van der Waals surface area contributed by atoms with E-state index in [1.807, 2.05) is 37.3 Å². The molecule has 42 heavy (non-hydrogen) atoms. The average Bonchev–Trinajstić information content (AvgIpc) is 3.32. The van der Waals surface area contributed by atoms with Crippen LogP contribution in [0, 0.1) is 0 Å². The van der Waals surface area contributed by atoms with Crippen molar-refractivity contribution >= 4 is 45.6 Å². The molecule has 4 aromatic heterocycles. The predicted molar refractivity (Wildman–Crippen MR) is 167 cm³/mol. The van der Waals surface area contributed by atoms with Crippen molar-refractivity contribution in [3.63, 3.8) is 0 Å². The molecule has 11 heteroatoms. The van der Waals surface area contributed by atoms with Crippen molar-refractivity contribution in [2.75, 3.05) is 12.8 Å². The van der Waals surface area contributed by atoms with E-state index in [9.17, 15) is 4.79 Å². The third kappa shape index (κ3) is 5.01. The van der Waals surface area contributed by atoms with Gasteiger partial charge in [-0.2, -0.15) is 5.10 Å². The Bertz CT molecular complexity index is 1910. The smallest absolute Gasteiger partial charge is 0.343 e. The van der Waals surface area contributed by atoms with E-state index in [0.29, 0.717) is 39.2 Å². The van der Waals surface area contributed by atoms with Gasteiger partial charge in [-0.05, 0) is 64.1 Å². The second kappa shape index (κ2) is 10.5. The van der Waals surface area contributed by atoms with Gasteiger partial charge in [-0.25, -0.2) is 19.4 Å². The first-order valence-corrected chi connectivity index (χ1v) is 13.5. The summed E-state index contributed by atoms with van der Waals surface area (Å²) < 4.78 is 13.3. The lowest BCUT2D eigenvalue weighted by molar-refractivity contribution is 0.296. The van der Waals surface area contributed by atoms with Crippen LogP contribution in [0.15, 0.2) is 64.3 Å². The second-order valence-corrected chi connectivity index (χ2v) is 11.8. The van der Waals surface area contributed by atoms with Gasteiger partial charge in [-0.15, -0.1) is 12.4 Å². The van der Waals surface area contributed by atoms with Crippen molar-refractivity contribution in [2.24, 2.45) is 0 Å². The Morgan fingerprint density at radius 1 is 1.12 bits per heavy atom. The molecular formula is C31H34ClN7O3. The van der Waals surface area contributed by atoms with Gasteiger partial charge in [0.25, 0.3) is 0 Å². The molecule has 0 saturated heterocycles. The largest absolute Gasteiger partial charge is 0.495 e. The zero-order valence-electron chi connectivity index (χ0n) is 24.4. The molecule has 10 nitrogen and oxygen atoms in total. The van der Waals surface area contributed by atoms with Crippen molar-refractivity contribution in [1.82, 2.24) is 30.0 Å². The number of aromatic nitrogens is 5. The molecule has 1 unspecified atom stereocenters. The number of anilines is 1. The van der Waals surface area contributed by atoms with E-state index >= 15 is 0 Å². The Morgan fingerprint density at radius 2 is 1.86 bits per heavy atom. The number of nitrogens with two attached hydrogens (primary N) is 1. The van der Waals surface area contributed by atoms with E-state index in [1.165, 1.54) is 6.33 Å². The summed E-state index contributed by atoms with van der Waals surface area (Å²) in [5.74, 6) is 1.38. The summed E-state index contributed by atoms with van der Waals surface area (Å²) in [6.07, 6.45) is 7.69. The number of rotatable bonds is 5. The van der Waals surface area contributed by atoms with Crippen molar-refractivity contribution in [2.45, 2.75) is 58.2 Å². The van der Waals surface area contributed by atoms with Crippen LogP contribution in [-0.4, -0.2) is 42.9 Å². The first-order chi connectivity index (χ1) is 19.5. The van der Waals surface area contributed by atoms with Gasteiger partial charge >= 0.3 is 5.63 Å². The van der Waals surface area contributed by atoms with Gasteiger partial charge in [0.2, 0.25) is 0 Å². The number of nitrogens with one attached hydrogen (secondary N) is 1. The van der Waals surface area contributed by atoms with Gasteiger partial charge in [0.05, 0.1) is 24.1 Å². The quantitative estimate of drug-likeness (QED) is 0.271. The number of fused-ring (bicyclic) bond motifs is 2. The standard InChI is InChI=1S/C31H33N7O3.ClH/c1-17(38-28-24(27(32)34-16-35-28)25(36-38)18-11-20(40-6)15-33-14-18)26-23(19-12-30(2,3)37-31(4,5)13-19)21-9-7-8-10-22(21)29(39)41-26;/h7-12,14-17,37H,13H2,1-6H3,(H2,32,34,35);1H. The van der Waals surface area contributed by atoms with Crippen LogP contribution in [0.5, 0.6) is 5.75 Å². The summed E-state index contributed by atoms with van der Waals surface area (Å²) >= 11 is 0. The van der Waals surface area contributed by atoms with E-state index in [-0.39, 0.29) is 29.3 Å². The van der Waals surface area contributed by atoms with E-state index in [0.717, 1.165) is 22.9 Å². The number of nitrogens with zero attached hydrogens (tertiary/aromatic N) is 5. The highest BCUT2D eigenvalue weighted by molar-refractivity contribution is 5.99.